The summed E-state index contributed by atoms with van der Waals surface area (Å²) in [4.78, 5) is 13.4. The van der Waals surface area contributed by atoms with E-state index in [2.05, 4.69) is 20.2 Å². The molecular formula is C17H20N5OS2+. The first kappa shape index (κ1) is 15.7. The van der Waals surface area contributed by atoms with Crippen LogP contribution in [0.15, 0.2) is 14.7 Å². The standard InChI is InChI=1S/C17H19N5OS2/c1-10-18-15-14(11-5-4-6-12(11)24-15)16(19-10)25-17-21-20-13(23-17)9-22-7-2-3-8-22/h2-9H2,1H3/p+1. The van der Waals surface area contributed by atoms with Crippen LogP contribution in [0.1, 0.15) is 41.4 Å². The van der Waals surface area contributed by atoms with E-state index in [1.54, 1.807) is 0 Å². The van der Waals surface area contributed by atoms with Crippen LogP contribution >= 0.6 is 23.1 Å². The minimum Gasteiger partial charge on any atom is -0.410 e. The van der Waals surface area contributed by atoms with Crippen molar-refractivity contribution >= 4 is 33.3 Å². The van der Waals surface area contributed by atoms with Crippen molar-refractivity contribution in [1.29, 1.82) is 0 Å². The molecule has 4 heterocycles. The van der Waals surface area contributed by atoms with Gasteiger partial charge in [-0.2, -0.15) is 0 Å². The van der Waals surface area contributed by atoms with Crippen LogP contribution in [0.3, 0.4) is 0 Å². The monoisotopic (exact) mass is 374 g/mol. The number of likely N-dealkylation sites (tertiary alicyclic amines) is 1. The number of nitrogens with one attached hydrogen (secondary N) is 1. The largest absolute Gasteiger partial charge is 0.410 e. The minimum atomic E-state index is 0.589. The van der Waals surface area contributed by atoms with Gasteiger partial charge in [0.1, 0.15) is 15.7 Å². The molecule has 1 N–H and O–H groups in total. The summed E-state index contributed by atoms with van der Waals surface area (Å²) in [6.07, 6.45) is 6.13. The molecule has 0 unspecified atom stereocenters. The van der Waals surface area contributed by atoms with Gasteiger partial charge in [0.15, 0.2) is 6.54 Å². The maximum Gasteiger partial charge on any atom is 0.283 e. The molecule has 5 rings (SSSR count). The van der Waals surface area contributed by atoms with Crippen LogP contribution < -0.4 is 4.90 Å². The van der Waals surface area contributed by atoms with Gasteiger partial charge < -0.3 is 9.32 Å². The van der Waals surface area contributed by atoms with Gasteiger partial charge in [-0.15, -0.1) is 21.5 Å². The van der Waals surface area contributed by atoms with Gasteiger partial charge in [-0.3, -0.25) is 0 Å². The molecular weight excluding hydrogens is 354 g/mol. The summed E-state index contributed by atoms with van der Waals surface area (Å²) in [5.74, 6) is 1.54. The zero-order chi connectivity index (χ0) is 16.8. The highest BCUT2D eigenvalue weighted by Crippen LogP contribution is 2.41. The fourth-order valence-corrected chi connectivity index (χ4v) is 6.09. The quantitative estimate of drug-likeness (QED) is 0.706. The average Bonchev–Trinajstić information content (AvgIpc) is 3.32. The lowest BCUT2D eigenvalue weighted by Gasteiger charge is -2.07. The summed E-state index contributed by atoms with van der Waals surface area (Å²) in [5, 5.41) is 11.2. The van der Waals surface area contributed by atoms with Crippen LogP contribution in [-0.4, -0.2) is 33.3 Å². The van der Waals surface area contributed by atoms with Crippen molar-refractivity contribution < 1.29 is 9.32 Å². The third-order valence-corrected chi connectivity index (χ3v) is 7.00. The molecule has 2 aliphatic rings. The SMILES string of the molecule is Cc1nc(Sc2nnc(C[NH+]3CCCC3)o2)c2c3c(sc2n1)CCC3. The fourth-order valence-electron chi connectivity index (χ4n) is 3.84. The highest BCUT2D eigenvalue weighted by molar-refractivity contribution is 7.99. The van der Waals surface area contributed by atoms with E-state index in [-0.39, 0.29) is 0 Å². The summed E-state index contributed by atoms with van der Waals surface area (Å²) in [7, 11) is 0. The van der Waals surface area contributed by atoms with E-state index in [0.29, 0.717) is 5.22 Å². The number of hydrogen-bond donors (Lipinski definition) is 1. The molecule has 1 aliphatic heterocycles. The Bertz CT molecular complexity index is 929. The zero-order valence-electron chi connectivity index (χ0n) is 14.2. The molecule has 0 aromatic carbocycles. The lowest BCUT2D eigenvalue weighted by Crippen LogP contribution is -3.08. The molecule has 1 aliphatic carbocycles. The van der Waals surface area contributed by atoms with Crippen molar-refractivity contribution in [2.45, 2.75) is 55.8 Å². The summed E-state index contributed by atoms with van der Waals surface area (Å²) >= 11 is 3.30. The zero-order valence-corrected chi connectivity index (χ0v) is 15.8. The van der Waals surface area contributed by atoms with Gasteiger partial charge in [0.25, 0.3) is 11.1 Å². The summed E-state index contributed by atoms with van der Waals surface area (Å²) in [6, 6.07) is 0. The van der Waals surface area contributed by atoms with E-state index < -0.39 is 0 Å². The molecule has 6 nitrogen and oxygen atoms in total. The van der Waals surface area contributed by atoms with E-state index in [9.17, 15) is 0 Å². The van der Waals surface area contributed by atoms with E-state index in [4.69, 9.17) is 4.42 Å². The molecule has 0 spiro atoms. The molecule has 1 saturated heterocycles. The van der Waals surface area contributed by atoms with Crippen molar-refractivity contribution in [3.05, 3.63) is 22.2 Å². The van der Waals surface area contributed by atoms with Crippen LogP contribution in [0.4, 0.5) is 0 Å². The Morgan fingerprint density at radius 2 is 2.00 bits per heavy atom. The molecule has 1 fully saturated rings. The number of aryl methyl sites for hydroxylation is 3. The van der Waals surface area contributed by atoms with Gasteiger partial charge in [-0.25, -0.2) is 9.97 Å². The minimum absolute atomic E-state index is 0.589. The Morgan fingerprint density at radius 3 is 2.88 bits per heavy atom. The van der Waals surface area contributed by atoms with E-state index in [1.165, 1.54) is 71.3 Å². The molecule has 0 bridgehead atoms. The molecule has 3 aromatic rings. The van der Waals surface area contributed by atoms with Crippen LogP contribution in [0.5, 0.6) is 0 Å². The highest BCUT2D eigenvalue weighted by atomic mass is 32.2. The molecule has 0 atom stereocenters. The second-order valence-corrected chi connectivity index (χ2v) is 8.83. The van der Waals surface area contributed by atoms with Crippen LogP contribution in [0, 0.1) is 6.92 Å². The molecule has 25 heavy (non-hydrogen) atoms. The molecule has 8 heteroatoms. The third-order valence-electron chi connectivity index (χ3n) is 4.99. The predicted molar refractivity (Wildman–Crippen MR) is 96.2 cm³/mol. The Balaban J connectivity index is 1.45. The predicted octanol–water partition coefficient (Wildman–Crippen LogP) is 2.20. The Labute approximate surface area is 154 Å². The summed E-state index contributed by atoms with van der Waals surface area (Å²) < 4.78 is 5.90. The summed E-state index contributed by atoms with van der Waals surface area (Å²) in [6.45, 7) is 5.19. The fraction of sp³-hybridized carbons (Fsp3) is 0.529. The number of quaternary nitrogens is 1. The maximum absolute atomic E-state index is 5.90. The van der Waals surface area contributed by atoms with Gasteiger partial charge in [0.05, 0.1) is 13.1 Å². The van der Waals surface area contributed by atoms with Gasteiger partial charge in [0, 0.05) is 23.1 Å². The van der Waals surface area contributed by atoms with E-state index in [1.807, 2.05) is 18.3 Å². The van der Waals surface area contributed by atoms with Crippen molar-refractivity contribution in [1.82, 2.24) is 20.2 Å². The lowest BCUT2D eigenvalue weighted by atomic mass is 10.2. The normalized spacial score (nSPS) is 17.6. The van der Waals surface area contributed by atoms with Crippen LogP contribution in [-0.2, 0) is 19.4 Å². The molecule has 0 amide bonds. The Hall–Kier alpha value is -1.51. The number of nitrogens with zero attached hydrogens (tertiary/aromatic N) is 4. The molecule has 3 aromatic heterocycles. The number of hydrogen-bond acceptors (Lipinski definition) is 7. The van der Waals surface area contributed by atoms with Crippen molar-refractivity contribution in [2.24, 2.45) is 0 Å². The van der Waals surface area contributed by atoms with E-state index in [0.717, 1.165) is 34.5 Å². The molecule has 0 radical (unpaired) electrons. The maximum atomic E-state index is 5.90. The van der Waals surface area contributed by atoms with E-state index >= 15 is 0 Å². The number of fused-ring (bicyclic) bond motifs is 3. The average molecular weight is 375 g/mol. The van der Waals surface area contributed by atoms with Gasteiger partial charge in [-0.1, -0.05) is 0 Å². The third kappa shape index (κ3) is 2.96. The van der Waals surface area contributed by atoms with Crippen LogP contribution in [0.2, 0.25) is 0 Å². The lowest BCUT2D eigenvalue weighted by molar-refractivity contribution is -0.902. The first-order chi connectivity index (χ1) is 12.3. The van der Waals surface area contributed by atoms with Crippen molar-refractivity contribution in [2.75, 3.05) is 13.1 Å². The molecule has 0 saturated carbocycles. The number of aromatic nitrogens is 4. The topological polar surface area (TPSA) is 69.1 Å². The van der Waals surface area contributed by atoms with Gasteiger partial charge in [0.2, 0.25) is 0 Å². The second-order valence-electron chi connectivity index (χ2n) is 6.81. The number of rotatable bonds is 4. The van der Waals surface area contributed by atoms with Crippen molar-refractivity contribution in [3.63, 3.8) is 0 Å². The summed E-state index contributed by atoms with van der Waals surface area (Å²) in [5.41, 5.74) is 1.43. The van der Waals surface area contributed by atoms with Gasteiger partial charge >= 0.3 is 0 Å². The highest BCUT2D eigenvalue weighted by Gasteiger charge is 2.24. The first-order valence-electron chi connectivity index (χ1n) is 8.89. The second kappa shape index (κ2) is 6.34. The Morgan fingerprint density at radius 1 is 1.12 bits per heavy atom. The van der Waals surface area contributed by atoms with Crippen molar-refractivity contribution in [3.8, 4) is 0 Å². The first-order valence-corrected chi connectivity index (χ1v) is 10.5. The van der Waals surface area contributed by atoms with Crippen LogP contribution in [0.25, 0.3) is 10.2 Å². The Kier molecular flexibility index (Phi) is 3.98. The number of thiophene rings is 1. The smallest absolute Gasteiger partial charge is 0.283 e. The molecule has 130 valence electrons. The van der Waals surface area contributed by atoms with Gasteiger partial charge in [-0.05, 0) is 43.5 Å².